The molecule has 3 aromatic rings. The zero-order chi connectivity index (χ0) is 26.3. The number of hydrogen-bond acceptors (Lipinski definition) is 6. The monoisotopic (exact) mass is 504 g/mol. The van der Waals surface area contributed by atoms with Gasteiger partial charge in [-0.05, 0) is 95.4 Å². The maximum atomic E-state index is 12.3. The molecule has 37 heavy (non-hydrogen) atoms. The number of piperidine rings is 1. The first-order chi connectivity index (χ1) is 17.8. The van der Waals surface area contributed by atoms with Crippen LogP contribution in [0, 0.1) is 5.92 Å². The topological polar surface area (TPSA) is 75.7 Å². The Morgan fingerprint density at radius 3 is 2.49 bits per heavy atom. The van der Waals surface area contributed by atoms with Crippen molar-refractivity contribution in [1.29, 1.82) is 0 Å². The van der Waals surface area contributed by atoms with Gasteiger partial charge in [-0.15, -0.1) is 0 Å². The number of carbonyl (C=O) groups excluding carboxylic acids is 1. The van der Waals surface area contributed by atoms with Gasteiger partial charge in [0, 0.05) is 36.3 Å². The first-order valence-electron chi connectivity index (χ1n) is 13.3. The van der Waals surface area contributed by atoms with Gasteiger partial charge in [0.1, 0.15) is 11.4 Å². The SMILES string of the molecule is COc1ccc(-c2cc(NCCCNCC3CCN(C(=O)OC(C)(C)C)CC3)c3ccccc3n2)cc1. The summed E-state index contributed by atoms with van der Waals surface area (Å²) < 4.78 is 10.8. The van der Waals surface area contributed by atoms with E-state index in [0.717, 1.165) is 85.6 Å². The van der Waals surface area contributed by atoms with Crippen LogP contribution in [0.25, 0.3) is 22.2 Å². The van der Waals surface area contributed by atoms with Crippen LogP contribution in [0.4, 0.5) is 10.5 Å². The average Bonchev–Trinajstić information content (AvgIpc) is 2.90. The summed E-state index contributed by atoms with van der Waals surface area (Å²) in [6, 6.07) is 18.4. The Labute approximate surface area is 220 Å². The summed E-state index contributed by atoms with van der Waals surface area (Å²) in [5, 5.41) is 8.37. The van der Waals surface area contributed by atoms with Crippen molar-refractivity contribution in [2.24, 2.45) is 5.92 Å². The highest BCUT2D eigenvalue weighted by atomic mass is 16.6. The summed E-state index contributed by atoms with van der Waals surface area (Å²) >= 11 is 0. The van der Waals surface area contributed by atoms with Crippen LogP contribution in [0.1, 0.15) is 40.0 Å². The number of amides is 1. The molecular formula is C30H40N4O3. The quantitative estimate of drug-likeness (QED) is 0.351. The molecule has 4 rings (SSSR count). The highest BCUT2D eigenvalue weighted by Gasteiger charge is 2.26. The number of carbonyl (C=O) groups is 1. The molecule has 0 atom stereocenters. The first-order valence-corrected chi connectivity index (χ1v) is 13.3. The van der Waals surface area contributed by atoms with Crippen molar-refractivity contribution in [3.05, 3.63) is 54.6 Å². The van der Waals surface area contributed by atoms with E-state index in [1.165, 1.54) is 0 Å². The van der Waals surface area contributed by atoms with Gasteiger partial charge in [-0.25, -0.2) is 9.78 Å². The molecule has 7 heteroatoms. The number of ether oxygens (including phenoxy) is 2. The number of aromatic nitrogens is 1. The maximum Gasteiger partial charge on any atom is 0.410 e. The summed E-state index contributed by atoms with van der Waals surface area (Å²) in [5.41, 5.74) is 3.65. The van der Waals surface area contributed by atoms with E-state index >= 15 is 0 Å². The minimum absolute atomic E-state index is 0.191. The number of nitrogens with zero attached hydrogens (tertiary/aromatic N) is 2. The number of fused-ring (bicyclic) bond motifs is 1. The lowest BCUT2D eigenvalue weighted by Crippen LogP contribution is -2.43. The molecule has 7 nitrogen and oxygen atoms in total. The van der Waals surface area contributed by atoms with Crippen molar-refractivity contribution in [2.75, 3.05) is 45.2 Å². The van der Waals surface area contributed by atoms with Crippen LogP contribution < -0.4 is 15.4 Å². The van der Waals surface area contributed by atoms with E-state index in [1.54, 1.807) is 7.11 Å². The van der Waals surface area contributed by atoms with Crippen LogP contribution in [0.2, 0.25) is 0 Å². The van der Waals surface area contributed by atoms with Gasteiger partial charge in [-0.2, -0.15) is 0 Å². The van der Waals surface area contributed by atoms with E-state index in [0.29, 0.717) is 5.92 Å². The van der Waals surface area contributed by atoms with Gasteiger partial charge in [-0.3, -0.25) is 0 Å². The van der Waals surface area contributed by atoms with Gasteiger partial charge in [0.05, 0.1) is 18.3 Å². The first kappa shape index (κ1) is 26.7. The molecule has 0 unspecified atom stereocenters. The van der Waals surface area contributed by atoms with E-state index < -0.39 is 5.60 Å². The Balaban J connectivity index is 1.23. The van der Waals surface area contributed by atoms with Gasteiger partial charge in [0.15, 0.2) is 0 Å². The Kier molecular flexibility index (Phi) is 8.87. The molecule has 1 fully saturated rings. The molecule has 2 aromatic carbocycles. The van der Waals surface area contributed by atoms with Crippen LogP contribution in [-0.2, 0) is 4.74 Å². The largest absolute Gasteiger partial charge is 0.497 e. The van der Waals surface area contributed by atoms with Crippen LogP contribution in [0.15, 0.2) is 54.6 Å². The molecule has 198 valence electrons. The summed E-state index contributed by atoms with van der Waals surface area (Å²) in [6.45, 7) is 10.1. The van der Waals surface area contributed by atoms with E-state index in [-0.39, 0.29) is 6.09 Å². The lowest BCUT2D eigenvalue weighted by atomic mass is 9.97. The Morgan fingerprint density at radius 1 is 1.05 bits per heavy atom. The van der Waals surface area contributed by atoms with Crippen LogP contribution >= 0.6 is 0 Å². The van der Waals surface area contributed by atoms with Crippen molar-refractivity contribution in [3.8, 4) is 17.0 Å². The van der Waals surface area contributed by atoms with Crippen molar-refractivity contribution >= 4 is 22.7 Å². The minimum atomic E-state index is -0.441. The standard InChI is InChI=1S/C30H40N4O3/c1-30(2,3)37-29(35)34-18-14-22(15-19-34)21-31-16-7-17-32-28-20-27(23-10-12-24(36-4)13-11-23)33-26-9-6-5-8-25(26)28/h5-6,8-13,20,22,31H,7,14-19,21H2,1-4H3,(H,32,33). The molecule has 1 aromatic heterocycles. The maximum absolute atomic E-state index is 12.3. The van der Waals surface area contributed by atoms with Gasteiger partial charge >= 0.3 is 6.09 Å². The van der Waals surface area contributed by atoms with Crippen molar-refractivity contribution < 1.29 is 14.3 Å². The Bertz CT molecular complexity index is 1170. The molecule has 1 amide bonds. The number of anilines is 1. The molecule has 1 saturated heterocycles. The number of rotatable bonds is 9. The fourth-order valence-corrected chi connectivity index (χ4v) is 4.62. The molecule has 0 spiro atoms. The zero-order valence-corrected chi connectivity index (χ0v) is 22.5. The Morgan fingerprint density at radius 2 is 1.78 bits per heavy atom. The summed E-state index contributed by atoms with van der Waals surface area (Å²) in [5.74, 6) is 1.44. The molecule has 0 aliphatic carbocycles. The number of methoxy groups -OCH3 is 1. The van der Waals surface area contributed by atoms with Gasteiger partial charge < -0.3 is 25.0 Å². The predicted octanol–water partition coefficient (Wildman–Crippen LogP) is 5.95. The summed E-state index contributed by atoms with van der Waals surface area (Å²) in [7, 11) is 1.68. The van der Waals surface area contributed by atoms with E-state index in [1.807, 2.05) is 56.0 Å². The molecule has 1 aliphatic heterocycles. The number of likely N-dealkylation sites (tertiary alicyclic amines) is 1. The number of pyridine rings is 1. The third-order valence-corrected chi connectivity index (χ3v) is 6.65. The number of para-hydroxylation sites is 1. The number of benzene rings is 2. The molecule has 0 saturated carbocycles. The van der Waals surface area contributed by atoms with Crippen molar-refractivity contribution in [2.45, 2.75) is 45.6 Å². The number of hydrogen-bond donors (Lipinski definition) is 2. The van der Waals surface area contributed by atoms with Gasteiger partial charge in [0.2, 0.25) is 0 Å². The third kappa shape index (κ3) is 7.59. The summed E-state index contributed by atoms with van der Waals surface area (Å²) in [6.07, 6.45) is 2.86. The fourth-order valence-electron chi connectivity index (χ4n) is 4.62. The minimum Gasteiger partial charge on any atom is -0.497 e. The smallest absolute Gasteiger partial charge is 0.410 e. The Hall–Kier alpha value is -3.32. The third-order valence-electron chi connectivity index (χ3n) is 6.65. The second-order valence-electron chi connectivity index (χ2n) is 10.7. The van der Waals surface area contributed by atoms with Gasteiger partial charge in [0.25, 0.3) is 0 Å². The molecule has 2 N–H and O–H groups in total. The zero-order valence-electron chi connectivity index (χ0n) is 22.5. The highest BCUT2D eigenvalue weighted by molar-refractivity contribution is 5.93. The lowest BCUT2D eigenvalue weighted by Gasteiger charge is -2.33. The molecule has 2 heterocycles. The fraction of sp³-hybridized carbons (Fsp3) is 0.467. The molecule has 0 bridgehead atoms. The van der Waals surface area contributed by atoms with Crippen molar-refractivity contribution in [1.82, 2.24) is 15.2 Å². The van der Waals surface area contributed by atoms with Gasteiger partial charge in [-0.1, -0.05) is 18.2 Å². The van der Waals surface area contributed by atoms with Crippen molar-refractivity contribution in [3.63, 3.8) is 0 Å². The predicted molar refractivity (Wildman–Crippen MR) is 150 cm³/mol. The van der Waals surface area contributed by atoms with Crippen LogP contribution in [0.5, 0.6) is 5.75 Å². The molecule has 0 radical (unpaired) electrons. The molecule has 1 aliphatic rings. The molecular weight excluding hydrogens is 464 g/mol. The van der Waals surface area contributed by atoms with E-state index in [4.69, 9.17) is 14.5 Å². The van der Waals surface area contributed by atoms with Crippen LogP contribution in [-0.4, -0.2) is 61.4 Å². The summed E-state index contributed by atoms with van der Waals surface area (Å²) in [4.78, 5) is 19.0. The van der Waals surface area contributed by atoms with E-state index in [9.17, 15) is 4.79 Å². The van der Waals surface area contributed by atoms with E-state index in [2.05, 4.69) is 34.9 Å². The second-order valence-corrected chi connectivity index (χ2v) is 10.7. The van der Waals surface area contributed by atoms with Crippen LogP contribution in [0.3, 0.4) is 0 Å². The number of nitrogens with one attached hydrogen (secondary N) is 2. The normalized spacial score (nSPS) is 14.5. The lowest BCUT2D eigenvalue weighted by molar-refractivity contribution is 0.0184. The average molecular weight is 505 g/mol. The highest BCUT2D eigenvalue weighted by Crippen LogP contribution is 2.29. The second kappa shape index (κ2) is 12.3.